The predicted molar refractivity (Wildman–Crippen MR) is 287 cm³/mol. The van der Waals surface area contributed by atoms with Crippen molar-refractivity contribution in [3.63, 3.8) is 0 Å². The number of aromatic amines is 1. The first-order valence-electron chi connectivity index (χ1n) is 22.8. The van der Waals surface area contributed by atoms with Crippen molar-refractivity contribution in [2.75, 3.05) is 0 Å². The number of H-pyrrole nitrogens is 1. The summed E-state index contributed by atoms with van der Waals surface area (Å²) in [5, 5.41) is 16.3. The summed E-state index contributed by atoms with van der Waals surface area (Å²) in [7, 11) is 0.705. The highest BCUT2D eigenvalue weighted by Crippen LogP contribution is 2.44. The first-order valence-corrected chi connectivity index (χ1v) is 23.6. The van der Waals surface area contributed by atoms with Gasteiger partial charge in [-0.05, 0) is 113 Å². The average Bonchev–Trinajstić information content (AvgIpc) is 4.15. The number of aromatic nitrogens is 3. The van der Waals surface area contributed by atoms with Gasteiger partial charge in [0.25, 0.3) is 0 Å². The molecular weight excluding hydrogens is 897 g/mol. The van der Waals surface area contributed by atoms with Crippen LogP contribution in [0.5, 0.6) is 5.75 Å². The lowest BCUT2D eigenvalue weighted by Gasteiger charge is -2.12. The molecule has 5 nitrogen and oxygen atoms in total. The number of hydrogen-bond acceptors (Lipinski definition) is 2. The standard InChI is InChI=1S/C31H21N.C18H13BNO2.C12H8BrN/c1-2-11-24(12-3-1)32-29-16-7-6-14-27(29)28-18-17-22(20-30(28)32)26-15-8-10-23-19-21-9-4-5-13-25(21)31(23)26;21-19-22-14-10-11-16-15-8-4-5-9-17(15)20(18(16)12-14)13-6-2-1-3-7-13;13-9-5-3-7-11-12(9)8-4-1-2-6-10(8)14-11/h1-18,20H,19H2;1-12,21H;1-7,14H. The Morgan fingerprint density at radius 1 is 0.441 bits per heavy atom. The molecule has 0 bridgehead atoms. The van der Waals surface area contributed by atoms with Crippen molar-refractivity contribution >= 4 is 89.0 Å². The van der Waals surface area contributed by atoms with E-state index in [0.717, 1.165) is 33.0 Å². The van der Waals surface area contributed by atoms with Crippen molar-refractivity contribution in [3.05, 3.63) is 246 Å². The molecule has 0 saturated carbocycles. The number of benzene rings is 10. The van der Waals surface area contributed by atoms with Gasteiger partial charge in [0, 0.05) is 65.3 Å². The zero-order chi connectivity index (χ0) is 45.6. The lowest BCUT2D eigenvalue weighted by Crippen LogP contribution is -2.00. The summed E-state index contributed by atoms with van der Waals surface area (Å²) in [6, 6.07) is 80.9. The van der Waals surface area contributed by atoms with Crippen molar-refractivity contribution in [1.82, 2.24) is 14.1 Å². The number of halogens is 1. The molecule has 3 aromatic heterocycles. The normalized spacial score (nSPS) is 11.6. The maximum Gasteiger partial charge on any atom is 0.569 e. The molecule has 68 heavy (non-hydrogen) atoms. The Morgan fingerprint density at radius 3 is 1.68 bits per heavy atom. The summed E-state index contributed by atoms with van der Waals surface area (Å²) < 4.78 is 10.9. The Labute approximate surface area is 402 Å². The van der Waals surface area contributed by atoms with Crippen LogP contribution in [0.3, 0.4) is 0 Å². The largest absolute Gasteiger partial charge is 0.569 e. The molecular formula is C61H42BBrN3O2. The van der Waals surface area contributed by atoms with E-state index < -0.39 is 0 Å². The monoisotopic (exact) mass is 938 g/mol. The van der Waals surface area contributed by atoms with Crippen LogP contribution in [0, 0.1) is 0 Å². The van der Waals surface area contributed by atoms with E-state index in [2.05, 4.69) is 200 Å². The maximum absolute atomic E-state index is 8.86. The zero-order valence-corrected chi connectivity index (χ0v) is 38.4. The number of hydrogen-bond donors (Lipinski definition) is 2. The minimum atomic E-state index is 0.606. The van der Waals surface area contributed by atoms with E-state index in [4.69, 9.17) is 9.68 Å². The van der Waals surface area contributed by atoms with Crippen molar-refractivity contribution in [2.24, 2.45) is 0 Å². The van der Waals surface area contributed by atoms with Gasteiger partial charge in [-0.2, -0.15) is 0 Å². The van der Waals surface area contributed by atoms with Crippen molar-refractivity contribution in [3.8, 4) is 39.4 Å². The molecule has 0 unspecified atom stereocenters. The molecule has 2 N–H and O–H groups in total. The molecule has 7 heteroatoms. The van der Waals surface area contributed by atoms with Gasteiger partial charge in [-0.1, -0.05) is 168 Å². The minimum Gasteiger partial charge on any atom is -0.537 e. The molecule has 323 valence electrons. The molecule has 0 saturated heterocycles. The second-order valence-electron chi connectivity index (χ2n) is 17.0. The molecule has 13 aromatic rings. The fourth-order valence-electron chi connectivity index (χ4n) is 10.2. The van der Waals surface area contributed by atoms with Crippen LogP contribution in [0.15, 0.2) is 235 Å². The summed E-state index contributed by atoms with van der Waals surface area (Å²) in [4.78, 5) is 3.39. The molecule has 0 spiro atoms. The third kappa shape index (κ3) is 7.24. The van der Waals surface area contributed by atoms with Crippen LogP contribution in [0.25, 0.3) is 99.0 Å². The van der Waals surface area contributed by atoms with Crippen LogP contribution in [0.1, 0.15) is 11.1 Å². The molecule has 1 aliphatic rings. The summed E-state index contributed by atoms with van der Waals surface area (Å²) >= 11 is 3.58. The molecule has 1 radical (unpaired) electrons. The zero-order valence-electron chi connectivity index (χ0n) is 36.9. The van der Waals surface area contributed by atoms with Crippen molar-refractivity contribution < 1.29 is 9.68 Å². The number of rotatable bonds is 5. The van der Waals surface area contributed by atoms with E-state index in [-0.39, 0.29) is 0 Å². The average molecular weight is 940 g/mol. The van der Waals surface area contributed by atoms with E-state index in [9.17, 15) is 0 Å². The van der Waals surface area contributed by atoms with Gasteiger partial charge in [-0.15, -0.1) is 0 Å². The fourth-order valence-corrected chi connectivity index (χ4v) is 10.8. The fraction of sp³-hybridized carbons (Fsp3) is 0.0164. The van der Waals surface area contributed by atoms with Gasteiger partial charge in [0.2, 0.25) is 0 Å². The lowest BCUT2D eigenvalue weighted by atomic mass is 9.93. The summed E-state index contributed by atoms with van der Waals surface area (Å²) in [6.45, 7) is 0. The van der Waals surface area contributed by atoms with Crippen molar-refractivity contribution in [1.29, 1.82) is 0 Å². The molecule has 0 amide bonds. The topological polar surface area (TPSA) is 55.1 Å². The molecule has 0 fully saturated rings. The highest BCUT2D eigenvalue weighted by Gasteiger charge is 2.22. The minimum absolute atomic E-state index is 0.606. The second kappa shape index (κ2) is 17.6. The lowest BCUT2D eigenvalue weighted by molar-refractivity contribution is 0.454. The number of nitrogens with zero attached hydrogens (tertiary/aromatic N) is 2. The third-order valence-electron chi connectivity index (χ3n) is 13.1. The van der Waals surface area contributed by atoms with Crippen LogP contribution in [-0.4, -0.2) is 26.8 Å². The third-order valence-corrected chi connectivity index (χ3v) is 13.8. The van der Waals surface area contributed by atoms with Gasteiger partial charge in [0.05, 0.1) is 22.1 Å². The SMILES string of the molecule is Brc1cccc2[nH]c3ccccc3c12.O[B]Oc1ccc2c3ccccc3n(-c3ccccc3)c2c1.c1ccc(-n2c3ccccc3c3ccc(-c4cccc5c4-c4ccccc4C5)cc32)cc1. The summed E-state index contributed by atoms with van der Waals surface area (Å²) in [6.07, 6.45) is 1.02. The van der Waals surface area contributed by atoms with Gasteiger partial charge < -0.3 is 23.8 Å². The van der Waals surface area contributed by atoms with E-state index in [1.165, 1.54) is 88.1 Å². The van der Waals surface area contributed by atoms with E-state index in [1.54, 1.807) is 0 Å². The molecule has 0 atom stereocenters. The maximum atomic E-state index is 8.86. The first kappa shape index (κ1) is 41.3. The van der Waals surface area contributed by atoms with Crippen LogP contribution >= 0.6 is 15.9 Å². The Bertz CT molecular complexity index is 3990. The van der Waals surface area contributed by atoms with Gasteiger partial charge >= 0.3 is 7.69 Å². The van der Waals surface area contributed by atoms with E-state index in [0.29, 0.717) is 13.4 Å². The van der Waals surface area contributed by atoms with Gasteiger partial charge in [0.15, 0.2) is 0 Å². The summed E-state index contributed by atoms with van der Waals surface area (Å²) in [5.41, 5.74) is 17.6. The van der Waals surface area contributed by atoms with E-state index >= 15 is 0 Å². The second-order valence-corrected chi connectivity index (χ2v) is 17.9. The summed E-state index contributed by atoms with van der Waals surface area (Å²) in [5.74, 6) is 0.606. The van der Waals surface area contributed by atoms with Gasteiger partial charge in [0.1, 0.15) is 5.75 Å². The molecule has 10 aromatic carbocycles. The number of para-hydroxylation sites is 5. The Kier molecular flexibility index (Phi) is 10.7. The van der Waals surface area contributed by atoms with Gasteiger partial charge in [-0.3, -0.25) is 0 Å². The molecule has 1 aliphatic carbocycles. The van der Waals surface area contributed by atoms with Crippen LogP contribution in [-0.2, 0) is 6.42 Å². The van der Waals surface area contributed by atoms with Crippen LogP contribution in [0.4, 0.5) is 0 Å². The first-order chi connectivity index (χ1) is 33.6. The Balaban J connectivity index is 0.000000115. The van der Waals surface area contributed by atoms with Crippen molar-refractivity contribution in [2.45, 2.75) is 6.42 Å². The van der Waals surface area contributed by atoms with E-state index in [1.807, 2.05) is 60.7 Å². The Morgan fingerprint density at radius 2 is 0.971 bits per heavy atom. The quantitative estimate of drug-likeness (QED) is 0.169. The smallest absolute Gasteiger partial charge is 0.537 e. The highest BCUT2D eigenvalue weighted by atomic mass is 79.9. The van der Waals surface area contributed by atoms with Crippen LogP contribution in [0.2, 0.25) is 0 Å². The number of nitrogens with one attached hydrogen (secondary N) is 1. The predicted octanol–water partition coefficient (Wildman–Crippen LogP) is 15.8. The highest BCUT2D eigenvalue weighted by molar-refractivity contribution is 9.10. The number of fused-ring (bicyclic) bond motifs is 12. The Hall–Kier alpha value is -8.10. The molecule has 14 rings (SSSR count). The van der Waals surface area contributed by atoms with Crippen LogP contribution < -0.4 is 4.65 Å². The molecule has 0 aliphatic heterocycles. The van der Waals surface area contributed by atoms with Gasteiger partial charge in [-0.25, -0.2) is 0 Å². The molecule has 3 heterocycles.